The SMILES string of the molecule is CCCCC(CC)(COC(C)(CC)CC(C)OC(C)CC)COC(C)(CC)CC(C)OC(C)(N)CC(C)N. The minimum atomic E-state index is -0.745. The smallest absolute Gasteiger partial charge is 0.115 e. The Kier molecular flexibility index (Phi) is 17.4. The zero-order valence-corrected chi connectivity index (χ0v) is 27.6. The molecule has 0 fully saturated rings. The fourth-order valence-corrected chi connectivity index (χ4v) is 5.33. The average Bonchev–Trinajstić information content (AvgIpc) is 2.82. The van der Waals surface area contributed by atoms with Gasteiger partial charge in [-0.15, -0.1) is 0 Å². The molecule has 8 atom stereocenters. The predicted molar refractivity (Wildman–Crippen MR) is 162 cm³/mol. The van der Waals surface area contributed by atoms with E-state index in [-0.39, 0.29) is 41.0 Å². The molecular formula is C32H68N2O4. The summed E-state index contributed by atoms with van der Waals surface area (Å²) < 4.78 is 26.0. The molecule has 0 aromatic carbocycles. The van der Waals surface area contributed by atoms with Crippen LogP contribution in [-0.2, 0) is 18.9 Å². The van der Waals surface area contributed by atoms with Gasteiger partial charge in [-0.2, -0.15) is 0 Å². The highest BCUT2D eigenvalue weighted by molar-refractivity contribution is 4.86. The second-order valence-electron chi connectivity index (χ2n) is 13.1. The Hall–Kier alpha value is -0.240. The molecule has 0 aromatic rings. The Morgan fingerprint density at radius 2 is 1.18 bits per heavy atom. The molecule has 4 N–H and O–H groups in total. The third-order valence-electron chi connectivity index (χ3n) is 8.44. The van der Waals surface area contributed by atoms with Crippen molar-refractivity contribution in [2.45, 2.75) is 189 Å². The van der Waals surface area contributed by atoms with E-state index in [4.69, 9.17) is 30.4 Å². The van der Waals surface area contributed by atoms with Crippen molar-refractivity contribution in [3.63, 3.8) is 0 Å². The van der Waals surface area contributed by atoms with E-state index in [1.807, 2.05) is 13.8 Å². The Morgan fingerprint density at radius 1 is 0.684 bits per heavy atom. The van der Waals surface area contributed by atoms with Gasteiger partial charge in [0.1, 0.15) is 5.72 Å². The first kappa shape index (κ1) is 37.8. The molecule has 0 aliphatic rings. The maximum Gasteiger partial charge on any atom is 0.115 e. The molecular weight excluding hydrogens is 476 g/mol. The van der Waals surface area contributed by atoms with Crippen molar-refractivity contribution >= 4 is 0 Å². The number of hydrogen-bond donors (Lipinski definition) is 2. The van der Waals surface area contributed by atoms with Crippen LogP contribution < -0.4 is 11.5 Å². The molecule has 0 amide bonds. The standard InChI is InChI=1S/C32H68N2O4/c1-13-18-19-32(17-5,23-35-29(10,15-3)21-27(8)37-26(7)14-2)24-36-30(11,16-4)22-28(9)38-31(12,34)20-25(6)33/h25-28H,13-24,33-34H2,1-12H3. The lowest BCUT2D eigenvalue weighted by atomic mass is 9.80. The van der Waals surface area contributed by atoms with Gasteiger partial charge < -0.3 is 30.4 Å². The van der Waals surface area contributed by atoms with Gasteiger partial charge in [0.25, 0.3) is 0 Å². The molecule has 0 aromatic heterocycles. The minimum absolute atomic E-state index is 0.00635. The van der Waals surface area contributed by atoms with Crippen LogP contribution in [0.15, 0.2) is 0 Å². The summed E-state index contributed by atoms with van der Waals surface area (Å²) in [6, 6.07) is -0.00635. The lowest BCUT2D eigenvalue weighted by Crippen LogP contribution is -2.48. The summed E-state index contributed by atoms with van der Waals surface area (Å²) in [5.41, 5.74) is 11.1. The van der Waals surface area contributed by atoms with Crippen LogP contribution in [0.3, 0.4) is 0 Å². The van der Waals surface area contributed by atoms with Crippen molar-refractivity contribution in [1.29, 1.82) is 0 Å². The summed E-state index contributed by atoms with van der Waals surface area (Å²) in [7, 11) is 0. The molecule has 0 bridgehead atoms. The normalized spacial score (nSPS) is 21.9. The van der Waals surface area contributed by atoms with Gasteiger partial charge >= 0.3 is 0 Å². The largest absolute Gasteiger partial charge is 0.375 e. The molecule has 0 aliphatic carbocycles. The van der Waals surface area contributed by atoms with Gasteiger partial charge in [0, 0.05) is 30.7 Å². The van der Waals surface area contributed by atoms with Gasteiger partial charge in [-0.25, -0.2) is 0 Å². The molecule has 6 heteroatoms. The molecule has 6 nitrogen and oxygen atoms in total. The van der Waals surface area contributed by atoms with Gasteiger partial charge in [-0.1, -0.05) is 47.5 Å². The quantitative estimate of drug-likeness (QED) is 0.128. The van der Waals surface area contributed by atoms with Crippen LogP contribution in [0.1, 0.15) is 147 Å². The first-order valence-electron chi connectivity index (χ1n) is 15.7. The molecule has 0 heterocycles. The fraction of sp³-hybridized carbons (Fsp3) is 1.00. The van der Waals surface area contributed by atoms with E-state index in [0.717, 1.165) is 51.4 Å². The summed E-state index contributed by atoms with van der Waals surface area (Å²) >= 11 is 0. The zero-order valence-electron chi connectivity index (χ0n) is 27.6. The minimum Gasteiger partial charge on any atom is -0.375 e. The van der Waals surface area contributed by atoms with E-state index < -0.39 is 5.72 Å². The van der Waals surface area contributed by atoms with Crippen LogP contribution in [0.2, 0.25) is 0 Å². The first-order chi connectivity index (χ1) is 17.5. The molecule has 0 spiro atoms. The molecule has 0 aliphatic heterocycles. The molecule has 0 saturated carbocycles. The van der Waals surface area contributed by atoms with E-state index in [0.29, 0.717) is 19.6 Å². The van der Waals surface area contributed by atoms with Crippen LogP contribution >= 0.6 is 0 Å². The zero-order chi connectivity index (χ0) is 29.6. The number of nitrogens with two attached hydrogens (primary N) is 2. The van der Waals surface area contributed by atoms with Crippen molar-refractivity contribution in [2.24, 2.45) is 16.9 Å². The van der Waals surface area contributed by atoms with Gasteiger partial charge in [-0.05, 0) is 80.6 Å². The molecule has 0 rings (SSSR count). The van der Waals surface area contributed by atoms with Crippen molar-refractivity contribution < 1.29 is 18.9 Å². The van der Waals surface area contributed by atoms with Crippen LogP contribution in [0.25, 0.3) is 0 Å². The summed E-state index contributed by atoms with van der Waals surface area (Å²) in [6.07, 6.45) is 10.0. The second kappa shape index (κ2) is 17.5. The Labute approximate surface area is 237 Å². The third kappa shape index (κ3) is 14.9. The Balaban J connectivity index is 5.47. The van der Waals surface area contributed by atoms with E-state index in [1.54, 1.807) is 0 Å². The maximum absolute atomic E-state index is 6.80. The van der Waals surface area contributed by atoms with E-state index in [9.17, 15) is 0 Å². The summed E-state index contributed by atoms with van der Waals surface area (Å²) in [4.78, 5) is 0. The van der Waals surface area contributed by atoms with Crippen molar-refractivity contribution in [3.05, 3.63) is 0 Å². The molecule has 230 valence electrons. The highest BCUT2D eigenvalue weighted by atomic mass is 16.5. The average molecular weight is 545 g/mol. The summed E-state index contributed by atoms with van der Waals surface area (Å²) in [5, 5.41) is 0. The Morgan fingerprint density at radius 3 is 1.58 bits per heavy atom. The summed E-state index contributed by atoms with van der Waals surface area (Å²) in [6.45, 7) is 27.2. The lowest BCUT2D eigenvalue weighted by Gasteiger charge is -2.42. The number of hydrogen-bond acceptors (Lipinski definition) is 6. The van der Waals surface area contributed by atoms with Gasteiger partial charge in [-0.3, -0.25) is 0 Å². The van der Waals surface area contributed by atoms with E-state index in [2.05, 4.69) is 69.2 Å². The molecule has 0 radical (unpaired) electrons. The van der Waals surface area contributed by atoms with Crippen molar-refractivity contribution in [1.82, 2.24) is 0 Å². The topological polar surface area (TPSA) is 89.0 Å². The van der Waals surface area contributed by atoms with Crippen LogP contribution in [0.4, 0.5) is 0 Å². The van der Waals surface area contributed by atoms with E-state index in [1.165, 1.54) is 6.42 Å². The number of unbranched alkanes of at least 4 members (excludes halogenated alkanes) is 1. The lowest BCUT2D eigenvalue weighted by molar-refractivity contribution is -0.158. The molecule has 38 heavy (non-hydrogen) atoms. The van der Waals surface area contributed by atoms with Gasteiger partial charge in [0.15, 0.2) is 0 Å². The van der Waals surface area contributed by atoms with Crippen LogP contribution in [-0.4, -0.2) is 54.5 Å². The Bertz CT molecular complexity index is 616. The van der Waals surface area contributed by atoms with Crippen LogP contribution in [0, 0.1) is 5.41 Å². The van der Waals surface area contributed by atoms with Crippen LogP contribution in [0.5, 0.6) is 0 Å². The second-order valence-corrected chi connectivity index (χ2v) is 13.1. The van der Waals surface area contributed by atoms with E-state index >= 15 is 0 Å². The highest BCUT2D eigenvalue weighted by Crippen LogP contribution is 2.36. The monoisotopic (exact) mass is 545 g/mol. The van der Waals surface area contributed by atoms with Gasteiger partial charge in [0.05, 0.1) is 42.7 Å². The molecule has 8 unspecified atom stereocenters. The number of rotatable bonds is 23. The third-order valence-corrected chi connectivity index (χ3v) is 8.44. The highest BCUT2D eigenvalue weighted by Gasteiger charge is 2.37. The van der Waals surface area contributed by atoms with Crippen molar-refractivity contribution in [2.75, 3.05) is 13.2 Å². The van der Waals surface area contributed by atoms with Gasteiger partial charge in [0.2, 0.25) is 0 Å². The molecule has 0 saturated heterocycles. The summed E-state index contributed by atoms with van der Waals surface area (Å²) in [5.74, 6) is 0. The predicted octanol–water partition coefficient (Wildman–Crippen LogP) is 7.74. The maximum atomic E-state index is 6.80. The number of ether oxygens (including phenoxy) is 4. The fourth-order valence-electron chi connectivity index (χ4n) is 5.33. The van der Waals surface area contributed by atoms with Crippen molar-refractivity contribution in [3.8, 4) is 0 Å². The first-order valence-corrected chi connectivity index (χ1v) is 15.7.